The first kappa shape index (κ1) is 13.5. The normalized spacial score (nSPS) is 20.9. The molecule has 7 heteroatoms. The van der Waals surface area contributed by atoms with Gasteiger partial charge in [-0.25, -0.2) is 4.79 Å². The summed E-state index contributed by atoms with van der Waals surface area (Å²) in [4.78, 5) is 32.3. The molecular weight excluding hydrogens is 264 g/mol. The van der Waals surface area contributed by atoms with E-state index >= 15 is 0 Å². The Labute approximate surface area is 113 Å². The lowest BCUT2D eigenvalue weighted by molar-refractivity contribution is -0.384. The number of hydrogen-bond acceptors (Lipinski definition) is 5. The molecular formula is C13H10N2O5. The fourth-order valence-corrected chi connectivity index (χ4v) is 2.14. The van der Waals surface area contributed by atoms with Gasteiger partial charge in [-0.2, -0.15) is 0 Å². The van der Waals surface area contributed by atoms with Crippen LogP contribution in [0, 0.1) is 16.0 Å². The summed E-state index contributed by atoms with van der Waals surface area (Å²) in [5, 5.41) is 22.5. The summed E-state index contributed by atoms with van der Waals surface area (Å²) in [6.45, 7) is 0. The van der Waals surface area contributed by atoms with E-state index in [0.717, 1.165) is 0 Å². The number of nitro benzene ring substituents is 1. The van der Waals surface area contributed by atoms with E-state index in [1.807, 2.05) is 0 Å². The van der Waals surface area contributed by atoms with Gasteiger partial charge in [0.1, 0.15) is 17.6 Å². The summed E-state index contributed by atoms with van der Waals surface area (Å²) in [6, 6.07) is 5.69. The third kappa shape index (κ3) is 2.43. The van der Waals surface area contributed by atoms with Gasteiger partial charge >= 0.3 is 5.97 Å². The van der Waals surface area contributed by atoms with Gasteiger partial charge < -0.3 is 10.4 Å². The minimum atomic E-state index is -1.20. The van der Waals surface area contributed by atoms with E-state index in [9.17, 15) is 24.8 Å². The van der Waals surface area contributed by atoms with Crippen molar-refractivity contribution in [1.82, 2.24) is 5.32 Å². The first-order chi connectivity index (χ1) is 9.54. The fourth-order valence-electron chi connectivity index (χ4n) is 2.14. The Balaban J connectivity index is 2.49. The number of nitro groups is 1. The molecule has 1 aromatic carbocycles. The van der Waals surface area contributed by atoms with Crippen molar-refractivity contribution >= 4 is 17.6 Å². The summed E-state index contributed by atoms with van der Waals surface area (Å²) < 4.78 is 0. The predicted molar refractivity (Wildman–Crippen MR) is 68.4 cm³/mol. The van der Waals surface area contributed by atoms with Gasteiger partial charge in [-0.15, -0.1) is 0 Å². The summed E-state index contributed by atoms with van der Waals surface area (Å²) in [5.41, 5.74) is 0.226. The Bertz CT molecular complexity index is 646. The number of non-ortho nitro benzene ring substituents is 1. The number of carbonyl (C=O) groups excluding carboxylic acids is 1. The molecule has 20 heavy (non-hydrogen) atoms. The zero-order valence-corrected chi connectivity index (χ0v) is 10.1. The third-order valence-electron chi connectivity index (χ3n) is 3.05. The van der Waals surface area contributed by atoms with Gasteiger partial charge in [0.05, 0.1) is 4.92 Å². The first-order valence-electron chi connectivity index (χ1n) is 5.70. The molecule has 1 heterocycles. The van der Waals surface area contributed by atoms with Crippen molar-refractivity contribution in [1.29, 1.82) is 0 Å². The smallest absolute Gasteiger partial charge is 0.314 e. The van der Waals surface area contributed by atoms with E-state index in [4.69, 9.17) is 0 Å². The van der Waals surface area contributed by atoms with Crippen LogP contribution in [-0.2, 0) is 9.59 Å². The van der Waals surface area contributed by atoms with Gasteiger partial charge in [0.25, 0.3) is 5.69 Å². The molecule has 7 nitrogen and oxygen atoms in total. The highest BCUT2D eigenvalue weighted by atomic mass is 16.6. The molecule has 2 N–H and O–H groups in total. The highest BCUT2D eigenvalue weighted by Gasteiger charge is 2.34. The highest BCUT2D eigenvalue weighted by Crippen LogP contribution is 2.33. The third-order valence-corrected chi connectivity index (χ3v) is 3.05. The minimum absolute atomic E-state index is 0.100. The number of allylic oxidation sites excluding steroid dienone is 1. The maximum absolute atomic E-state index is 11.3. The van der Waals surface area contributed by atoms with Crippen molar-refractivity contribution in [2.75, 3.05) is 0 Å². The fraction of sp³-hybridized carbons (Fsp3) is 0.154. The maximum atomic E-state index is 11.3. The molecule has 2 unspecified atom stereocenters. The lowest BCUT2D eigenvalue weighted by Gasteiger charge is -2.25. The largest absolute Gasteiger partial charge is 0.481 e. The summed E-state index contributed by atoms with van der Waals surface area (Å²) in [6.07, 6.45) is 2.99. The topological polar surface area (TPSA) is 110 Å². The molecule has 1 aliphatic heterocycles. The Morgan fingerprint density at radius 2 is 2.20 bits per heavy atom. The predicted octanol–water partition coefficient (Wildman–Crippen LogP) is 1.21. The Kier molecular flexibility index (Phi) is 3.63. The monoisotopic (exact) mass is 274 g/mol. The SMILES string of the molecule is O=C=C1NC=CC(c2cccc([N+](=O)[O-])c2)C1C(=O)O. The van der Waals surface area contributed by atoms with Crippen LogP contribution in [0.4, 0.5) is 5.69 Å². The van der Waals surface area contributed by atoms with E-state index in [0.29, 0.717) is 5.56 Å². The number of carboxylic acid groups (broad SMARTS) is 1. The lowest BCUT2D eigenvalue weighted by atomic mass is 9.82. The van der Waals surface area contributed by atoms with Crippen molar-refractivity contribution in [3.8, 4) is 0 Å². The van der Waals surface area contributed by atoms with Gasteiger partial charge in [0.2, 0.25) is 0 Å². The van der Waals surface area contributed by atoms with Crippen LogP contribution >= 0.6 is 0 Å². The molecule has 0 saturated heterocycles. The van der Waals surface area contributed by atoms with Gasteiger partial charge in [0, 0.05) is 18.1 Å². The van der Waals surface area contributed by atoms with Crippen molar-refractivity contribution < 1.29 is 19.6 Å². The second kappa shape index (κ2) is 5.38. The number of carbonyl (C=O) groups is 1. The average Bonchev–Trinajstić information content (AvgIpc) is 2.46. The number of benzene rings is 1. The van der Waals surface area contributed by atoms with Gasteiger partial charge in [-0.1, -0.05) is 18.2 Å². The van der Waals surface area contributed by atoms with Gasteiger partial charge in [-0.3, -0.25) is 14.9 Å². The van der Waals surface area contributed by atoms with Crippen LogP contribution in [-0.4, -0.2) is 21.9 Å². The molecule has 0 bridgehead atoms. The molecule has 0 aliphatic carbocycles. The van der Waals surface area contributed by atoms with E-state index in [-0.39, 0.29) is 11.4 Å². The lowest BCUT2D eigenvalue weighted by Crippen LogP contribution is -2.32. The minimum Gasteiger partial charge on any atom is -0.481 e. The van der Waals surface area contributed by atoms with Crippen LogP contribution in [0.25, 0.3) is 0 Å². The molecule has 0 radical (unpaired) electrons. The molecule has 0 spiro atoms. The van der Waals surface area contributed by atoms with Crippen molar-refractivity contribution in [3.63, 3.8) is 0 Å². The van der Waals surface area contributed by atoms with Crippen molar-refractivity contribution in [2.45, 2.75) is 5.92 Å². The Hall–Kier alpha value is -2.92. The Morgan fingerprint density at radius 3 is 2.80 bits per heavy atom. The van der Waals surface area contributed by atoms with Crippen LogP contribution in [0.1, 0.15) is 11.5 Å². The summed E-state index contributed by atoms with van der Waals surface area (Å²) in [5.74, 6) is -1.44. The quantitative estimate of drug-likeness (QED) is 0.487. The molecule has 0 fully saturated rings. The van der Waals surface area contributed by atoms with Gasteiger partial charge in [-0.05, 0) is 11.8 Å². The standard InChI is InChI=1S/C13H10N2O5/c16-7-11-12(13(17)18)10(4-5-14-11)8-2-1-3-9(6-8)15(19)20/h1-6,10,12,14H,(H,17,18). The van der Waals surface area contributed by atoms with Crippen LogP contribution in [0.2, 0.25) is 0 Å². The van der Waals surface area contributed by atoms with Gasteiger partial charge in [0.15, 0.2) is 0 Å². The second-order valence-corrected chi connectivity index (χ2v) is 4.21. The van der Waals surface area contributed by atoms with E-state index < -0.39 is 22.7 Å². The average molecular weight is 274 g/mol. The number of nitrogens with one attached hydrogen (secondary N) is 1. The molecule has 0 aromatic heterocycles. The van der Waals surface area contributed by atoms with E-state index in [1.165, 1.54) is 24.4 Å². The highest BCUT2D eigenvalue weighted by molar-refractivity contribution is 5.79. The first-order valence-corrected chi connectivity index (χ1v) is 5.70. The van der Waals surface area contributed by atoms with Crippen LogP contribution in [0.15, 0.2) is 42.2 Å². The van der Waals surface area contributed by atoms with Crippen molar-refractivity contribution in [3.05, 3.63) is 57.9 Å². The number of nitrogens with zero attached hydrogens (tertiary/aromatic N) is 1. The molecule has 2 rings (SSSR count). The molecule has 0 saturated carbocycles. The molecule has 2 atom stereocenters. The molecule has 102 valence electrons. The van der Waals surface area contributed by atoms with Crippen LogP contribution in [0.3, 0.4) is 0 Å². The number of aliphatic carboxylic acids is 1. The maximum Gasteiger partial charge on any atom is 0.314 e. The van der Waals surface area contributed by atoms with E-state index in [2.05, 4.69) is 5.32 Å². The summed E-state index contributed by atoms with van der Waals surface area (Å²) >= 11 is 0. The number of hydrogen-bond donors (Lipinski definition) is 2. The van der Waals surface area contributed by atoms with E-state index in [1.54, 1.807) is 18.1 Å². The molecule has 1 aromatic rings. The summed E-state index contributed by atoms with van der Waals surface area (Å²) in [7, 11) is 0. The van der Waals surface area contributed by atoms with Crippen LogP contribution in [0.5, 0.6) is 0 Å². The molecule has 0 amide bonds. The second-order valence-electron chi connectivity index (χ2n) is 4.21. The number of carboxylic acids is 1. The molecule has 1 aliphatic rings. The zero-order chi connectivity index (χ0) is 14.7. The zero-order valence-electron chi connectivity index (χ0n) is 10.1. The number of rotatable bonds is 3. The van der Waals surface area contributed by atoms with Crippen molar-refractivity contribution in [2.24, 2.45) is 5.92 Å². The Morgan fingerprint density at radius 1 is 1.45 bits per heavy atom. The van der Waals surface area contributed by atoms with Crippen LogP contribution < -0.4 is 5.32 Å².